The zero-order chi connectivity index (χ0) is 13.1. The van der Waals surface area contributed by atoms with Crippen molar-refractivity contribution < 1.29 is 9.50 Å². The van der Waals surface area contributed by atoms with E-state index in [1.54, 1.807) is 10.7 Å². The molecule has 18 heavy (non-hydrogen) atoms. The summed E-state index contributed by atoms with van der Waals surface area (Å²) in [4.78, 5) is 4.15. The van der Waals surface area contributed by atoms with Gasteiger partial charge < -0.3 is 5.11 Å². The second kappa shape index (κ2) is 5.27. The van der Waals surface area contributed by atoms with Crippen LogP contribution in [0.3, 0.4) is 0 Å². The van der Waals surface area contributed by atoms with Crippen molar-refractivity contribution in [3.05, 3.63) is 35.9 Å². The zero-order valence-corrected chi connectivity index (χ0v) is 10.5. The quantitative estimate of drug-likeness (QED) is 0.903. The second-order valence-corrected chi connectivity index (χ2v) is 4.29. The van der Waals surface area contributed by atoms with Gasteiger partial charge in [0.25, 0.3) is 0 Å². The van der Waals surface area contributed by atoms with Crippen molar-refractivity contribution in [2.75, 3.05) is 0 Å². The molecule has 0 spiro atoms. The first kappa shape index (κ1) is 12.7. The lowest BCUT2D eigenvalue weighted by molar-refractivity contribution is 0.146. The Kier molecular flexibility index (Phi) is 3.72. The van der Waals surface area contributed by atoms with E-state index in [9.17, 15) is 9.50 Å². The van der Waals surface area contributed by atoms with Crippen molar-refractivity contribution >= 4 is 0 Å². The number of aromatic nitrogens is 3. The minimum atomic E-state index is -0.473. The fraction of sp³-hybridized carbons (Fsp3) is 0.385. The first-order valence-corrected chi connectivity index (χ1v) is 5.94. The van der Waals surface area contributed by atoms with Crippen LogP contribution in [-0.4, -0.2) is 26.0 Å². The summed E-state index contributed by atoms with van der Waals surface area (Å²) in [5.74, 6) is 0.278. The first-order chi connectivity index (χ1) is 8.61. The third-order valence-electron chi connectivity index (χ3n) is 2.91. The maximum absolute atomic E-state index is 13.3. The van der Waals surface area contributed by atoms with Crippen LogP contribution < -0.4 is 0 Å². The molecule has 0 aliphatic carbocycles. The normalized spacial score (nSPS) is 12.7. The molecule has 2 rings (SSSR count). The van der Waals surface area contributed by atoms with Crippen molar-refractivity contribution in [2.45, 2.75) is 32.9 Å². The van der Waals surface area contributed by atoms with Crippen LogP contribution >= 0.6 is 0 Å². The Hall–Kier alpha value is -1.75. The Morgan fingerprint density at radius 2 is 2.22 bits per heavy atom. The van der Waals surface area contributed by atoms with Gasteiger partial charge in [-0.05, 0) is 31.0 Å². The van der Waals surface area contributed by atoms with Crippen molar-refractivity contribution in [1.29, 1.82) is 0 Å². The van der Waals surface area contributed by atoms with Gasteiger partial charge in [0.2, 0.25) is 0 Å². The van der Waals surface area contributed by atoms with Gasteiger partial charge in [0.05, 0.1) is 12.6 Å². The van der Waals surface area contributed by atoms with Gasteiger partial charge in [-0.3, -0.25) is 0 Å². The number of nitrogens with zero attached hydrogens (tertiary/aromatic N) is 3. The van der Waals surface area contributed by atoms with E-state index in [0.29, 0.717) is 24.4 Å². The third kappa shape index (κ3) is 2.56. The van der Waals surface area contributed by atoms with Gasteiger partial charge in [0.15, 0.2) is 5.82 Å². The molecule has 4 nitrogen and oxygen atoms in total. The van der Waals surface area contributed by atoms with Gasteiger partial charge in [-0.25, -0.2) is 14.1 Å². The van der Waals surface area contributed by atoms with Gasteiger partial charge >= 0.3 is 0 Å². The van der Waals surface area contributed by atoms with Crippen LogP contribution in [0.15, 0.2) is 24.5 Å². The molecule has 1 aromatic heterocycles. The average molecular weight is 249 g/mol. The predicted octanol–water partition coefficient (Wildman–Crippen LogP) is 2.16. The standard InChI is InChI=1S/C13H16FN3O/c1-3-11(18)7-17-13(15-8-16-17)12-6-10(14)5-4-9(12)2/h4-6,8,11,18H,3,7H2,1-2H3/t11-/m1/s1. The van der Waals surface area contributed by atoms with E-state index in [1.165, 1.54) is 18.5 Å². The molecule has 96 valence electrons. The summed E-state index contributed by atoms with van der Waals surface area (Å²) in [7, 11) is 0. The molecular weight excluding hydrogens is 233 g/mol. The molecule has 0 aliphatic heterocycles. The van der Waals surface area contributed by atoms with E-state index < -0.39 is 6.10 Å². The molecule has 1 heterocycles. The fourth-order valence-corrected chi connectivity index (χ4v) is 1.77. The van der Waals surface area contributed by atoms with Crippen LogP contribution in [0.2, 0.25) is 0 Å². The largest absolute Gasteiger partial charge is 0.391 e. The summed E-state index contributed by atoms with van der Waals surface area (Å²) < 4.78 is 14.9. The van der Waals surface area contributed by atoms with Crippen molar-refractivity contribution in [2.24, 2.45) is 0 Å². The Balaban J connectivity index is 2.39. The molecule has 0 saturated carbocycles. The third-order valence-corrected chi connectivity index (χ3v) is 2.91. The number of rotatable bonds is 4. The molecule has 0 bridgehead atoms. The predicted molar refractivity (Wildman–Crippen MR) is 66.5 cm³/mol. The minimum Gasteiger partial charge on any atom is -0.391 e. The summed E-state index contributed by atoms with van der Waals surface area (Å²) in [6, 6.07) is 4.56. The van der Waals surface area contributed by atoms with Crippen molar-refractivity contribution in [3.63, 3.8) is 0 Å². The highest BCUT2D eigenvalue weighted by Gasteiger charge is 2.13. The number of hydrogen-bond donors (Lipinski definition) is 1. The van der Waals surface area contributed by atoms with Crippen LogP contribution in [0.25, 0.3) is 11.4 Å². The van der Waals surface area contributed by atoms with E-state index in [-0.39, 0.29) is 5.82 Å². The summed E-state index contributed by atoms with van der Waals surface area (Å²) in [6.07, 6.45) is 1.59. The van der Waals surface area contributed by atoms with E-state index in [0.717, 1.165) is 5.56 Å². The molecule has 5 heteroatoms. The van der Waals surface area contributed by atoms with Crippen LogP contribution in [0.5, 0.6) is 0 Å². The highest BCUT2D eigenvalue weighted by atomic mass is 19.1. The SMILES string of the molecule is CC[C@@H](O)Cn1ncnc1-c1cc(F)ccc1C. The molecule has 1 atom stereocenters. The van der Waals surface area contributed by atoms with Crippen molar-refractivity contribution in [3.8, 4) is 11.4 Å². The summed E-state index contributed by atoms with van der Waals surface area (Å²) >= 11 is 0. The Bertz CT molecular complexity index is 539. The molecule has 1 aromatic carbocycles. The van der Waals surface area contributed by atoms with Crippen LogP contribution in [0, 0.1) is 12.7 Å². The summed E-state index contributed by atoms with van der Waals surface area (Å²) in [5.41, 5.74) is 1.63. The maximum Gasteiger partial charge on any atom is 0.158 e. The molecule has 1 N–H and O–H groups in total. The topological polar surface area (TPSA) is 50.9 Å². The van der Waals surface area contributed by atoms with Gasteiger partial charge in [0.1, 0.15) is 12.1 Å². The van der Waals surface area contributed by atoms with Gasteiger partial charge in [-0.1, -0.05) is 13.0 Å². The monoisotopic (exact) mass is 249 g/mol. The number of benzene rings is 1. The average Bonchev–Trinajstić information content (AvgIpc) is 2.80. The number of hydrogen-bond acceptors (Lipinski definition) is 3. The molecule has 0 unspecified atom stereocenters. The smallest absolute Gasteiger partial charge is 0.158 e. The van der Waals surface area contributed by atoms with E-state index in [2.05, 4.69) is 10.1 Å². The molecule has 0 radical (unpaired) electrons. The zero-order valence-electron chi connectivity index (χ0n) is 10.5. The lowest BCUT2D eigenvalue weighted by Crippen LogP contribution is -2.16. The molecule has 2 aromatic rings. The molecule has 0 fully saturated rings. The molecule has 0 amide bonds. The first-order valence-electron chi connectivity index (χ1n) is 5.94. The van der Waals surface area contributed by atoms with Crippen LogP contribution in [-0.2, 0) is 6.54 Å². The van der Waals surface area contributed by atoms with Crippen LogP contribution in [0.4, 0.5) is 4.39 Å². The van der Waals surface area contributed by atoms with E-state index in [4.69, 9.17) is 0 Å². The lowest BCUT2D eigenvalue weighted by Gasteiger charge is -2.11. The lowest BCUT2D eigenvalue weighted by atomic mass is 10.1. The second-order valence-electron chi connectivity index (χ2n) is 4.29. The summed E-state index contributed by atoms with van der Waals surface area (Å²) in [5, 5.41) is 13.7. The van der Waals surface area contributed by atoms with Gasteiger partial charge in [-0.15, -0.1) is 0 Å². The Morgan fingerprint density at radius 1 is 1.44 bits per heavy atom. The van der Waals surface area contributed by atoms with E-state index in [1.807, 2.05) is 13.8 Å². The highest BCUT2D eigenvalue weighted by Crippen LogP contribution is 2.22. The fourth-order valence-electron chi connectivity index (χ4n) is 1.77. The van der Waals surface area contributed by atoms with Gasteiger partial charge in [-0.2, -0.15) is 5.10 Å². The number of halogens is 1. The summed E-state index contributed by atoms with van der Waals surface area (Å²) in [6.45, 7) is 4.15. The molecule has 0 aliphatic rings. The Morgan fingerprint density at radius 3 is 2.94 bits per heavy atom. The molecular formula is C13H16FN3O. The Labute approximate surface area is 105 Å². The van der Waals surface area contributed by atoms with Crippen LogP contribution in [0.1, 0.15) is 18.9 Å². The van der Waals surface area contributed by atoms with Crippen molar-refractivity contribution in [1.82, 2.24) is 14.8 Å². The highest BCUT2D eigenvalue weighted by molar-refractivity contribution is 5.59. The molecule has 0 saturated heterocycles. The van der Waals surface area contributed by atoms with E-state index >= 15 is 0 Å². The minimum absolute atomic E-state index is 0.304. The number of aliphatic hydroxyl groups excluding tert-OH is 1. The maximum atomic E-state index is 13.3. The number of aryl methyl sites for hydroxylation is 1. The van der Waals surface area contributed by atoms with Gasteiger partial charge in [0, 0.05) is 5.56 Å². The number of aliphatic hydroxyl groups is 1.